The molecule has 0 fully saturated rings. The molecule has 1 aliphatic rings. The third kappa shape index (κ3) is 3.90. The Labute approximate surface area is 146 Å². The summed E-state index contributed by atoms with van der Waals surface area (Å²) in [6.07, 6.45) is 3.51. The van der Waals surface area contributed by atoms with Crippen LogP contribution in [0.3, 0.4) is 0 Å². The highest BCUT2D eigenvalue weighted by Crippen LogP contribution is 2.33. The summed E-state index contributed by atoms with van der Waals surface area (Å²) in [7, 11) is -3.36. The number of hydrogen-bond acceptors (Lipinski definition) is 5. The van der Waals surface area contributed by atoms with Gasteiger partial charge in [0.2, 0.25) is 15.9 Å². The number of carbonyl (C=O) groups excluding carboxylic acids is 1. The number of rotatable bonds is 5. The molecule has 8 heteroatoms. The summed E-state index contributed by atoms with van der Waals surface area (Å²) in [5.41, 5.74) is 1.93. The molecule has 3 rings (SSSR count). The third-order valence-corrected chi connectivity index (χ3v) is 4.45. The average molecular weight is 361 g/mol. The lowest BCUT2D eigenvalue weighted by atomic mass is 10.0. The first-order valence-corrected chi connectivity index (χ1v) is 9.77. The number of benzene rings is 1. The van der Waals surface area contributed by atoms with E-state index in [-0.39, 0.29) is 11.9 Å². The van der Waals surface area contributed by atoms with Crippen LogP contribution < -0.4 is 4.72 Å². The van der Waals surface area contributed by atoms with E-state index >= 15 is 0 Å². The van der Waals surface area contributed by atoms with Crippen molar-refractivity contribution in [1.29, 1.82) is 0 Å². The number of nitrogens with zero attached hydrogens (tertiary/aromatic N) is 2. The lowest BCUT2D eigenvalue weighted by Gasteiger charge is -2.18. The Morgan fingerprint density at radius 3 is 2.80 bits per heavy atom. The Hall–Kier alpha value is -2.61. The molecule has 2 heterocycles. The van der Waals surface area contributed by atoms with Crippen molar-refractivity contribution in [2.45, 2.75) is 25.8 Å². The van der Waals surface area contributed by atoms with Crippen LogP contribution in [0.5, 0.6) is 0 Å². The maximum absolute atomic E-state index is 12.2. The van der Waals surface area contributed by atoms with Crippen LogP contribution in [0.4, 0.5) is 5.69 Å². The molecule has 1 atom stereocenters. The molecule has 2 aromatic rings. The number of anilines is 1. The molecule has 0 saturated carbocycles. The van der Waals surface area contributed by atoms with Gasteiger partial charge in [0.1, 0.15) is 11.8 Å². The molecule has 1 N–H and O–H groups in total. The van der Waals surface area contributed by atoms with Crippen LogP contribution in [0.1, 0.15) is 37.1 Å². The van der Waals surface area contributed by atoms with E-state index in [0.29, 0.717) is 30.0 Å². The smallest absolute Gasteiger partial charge is 0.243 e. The van der Waals surface area contributed by atoms with E-state index < -0.39 is 10.0 Å². The van der Waals surface area contributed by atoms with E-state index in [1.54, 1.807) is 37.5 Å². The molecule has 1 aromatic heterocycles. The van der Waals surface area contributed by atoms with Gasteiger partial charge in [0, 0.05) is 18.5 Å². The molecular weight excluding hydrogens is 342 g/mol. The third-order valence-electron chi connectivity index (χ3n) is 3.84. The number of amides is 1. The molecule has 0 saturated heterocycles. The second kappa shape index (κ2) is 6.72. The molecular formula is C17H19N3O4S. The van der Waals surface area contributed by atoms with Gasteiger partial charge in [-0.1, -0.05) is 19.1 Å². The first-order valence-electron chi connectivity index (χ1n) is 7.88. The van der Waals surface area contributed by atoms with Gasteiger partial charge >= 0.3 is 0 Å². The molecule has 7 nitrogen and oxygen atoms in total. The fourth-order valence-electron chi connectivity index (χ4n) is 2.76. The van der Waals surface area contributed by atoms with Crippen LogP contribution in [0.2, 0.25) is 0 Å². The minimum absolute atomic E-state index is 0.0955. The van der Waals surface area contributed by atoms with Crippen molar-refractivity contribution < 1.29 is 17.6 Å². The summed E-state index contributed by atoms with van der Waals surface area (Å²) < 4.78 is 30.7. The maximum Gasteiger partial charge on any atom is 0.243 e. The second-order valence-electron chi connectivity index (χ2n) is 5.83. The highest BCUT2D eigenvalue weighted by Gasteiger charge is 2.34. The fourth-order valence-corrected chi connectivity index (χ4v) is 3.31. The minimum atomic E-state index is -3.36. The number of hydrogen-bond donors (Lipinski definition) is 1. The Balaban J connectivity index is 1.92. The van der Waals surface area contributed by atoms with Crippen molar-refractivity contribution in [2.24, 2.45) is 5.10 Å². The highest BCUT2D eigenvalue weighted by atomic mass is 32.2. The standard InChI is InChI=1S/C17H19N3O4S/c1-3-17(21)20-15(16-8-5-9-24-16)11-14(18-20)12-6-4-7-13(10-12)19-25(2,22)23/h4-10,15,19H,3,11H2,1-2H3/t15-/m0/s1. The zero-order chi connectivity index (χ0) is 18.0. The number of nitrogens with one attached hydrogen (secondary N) is 1. The molecule has 1 aliphatic heterocycles. The summed E-state index contributed by atoms with van der Waals surface area (Å²) in [5, 5.41) is 5.92. The number of furan rings is 1. The summed E-state index contributed by atoms with van der Waals surface area (Å²) in [5.74, 6) is 0.577. The van der Waals surface area contributed by atoms with Crippen molar-refractivity contribution in [3.63, 3.8) is 0 Å². The van der Waals surface area contributed by atoms with E-state index in [1.165, 1.54) is 5.01 Å². The molecule has 1 amide bonds. The first kappa shape index (κ1) is 17.2. The summed E-state index contributed by atoms with van der Waals surface area (Å²) in [6, 6.07) is 10.3. The number of hydrazone groups is 1. The van der Waals surface area contributed by atoms with Crippen molar-refractivity contribution in [3.05, 3.63) is 54.0 Å². The largest absolute Gasteiger partial charge is 0.467 e. The molecule has 0 aliphatic carbocycles. The Morgan fingerprint density at radius 2 is 2.16 bits per heavy atom. The number of carbonyl (C=O) groups is 1. The Morgan fingerprint density at radius 1 is 1.36 bits per heavy atom. The highest BCUT2D eigenvalue weighted by molar-refractivity contribution is 7.92. The van der Waals surface area contributed by atoms with Crippen LogP contribution in [0.25, 0.3) is 0 Å². The van der Waals surface area contributed by atoms with Gasteiger partial charge in [-0.05, 0) is 29.8 Å². The summed E-state index contributed by atoms with van der Waals surface area (Å²) in [6.45, 7) is 1.78. The monoisotopic (exact) mass is 361 g/mol. The zero-order valence-corrected chi connectivity index (χ0v) is 14.8. The van der Waals surface area contributed by atoms with Crippen LogP contribution in [0.15, 0.2) is 52.2 Å². The van der Waals surface area contributed by atoms with Crippen molar-refractivity contribution >= 4 is 27.3 Å². The molecule has 1 aromatic carbocycles. The van der Waals surface area contributed by atoms with Gasteiger partial charge in [-0.2, -0.15) is 5.10 Å². The molecule has 0 bridgehead atoms. The molecule has 132 valence electrons. The van der Waals surface area contributed by atoms with Gasteiger partial charge in [0.25, 0.3) is 0 Å². The van der Waals surface area contributed by atoms with Crippen LogP contribution in [-0.4, -0.2) is 31.3 Å². The lowest BCUT2D eigenvalue weighted by Crippen LogP contribution is -2.25. The van der Waals surface area contributed by atoms with E-state index in [2.05, 4.69) is 9.82 Å². The van der Waals surface area contributed by atoms with Crippen molar-refractivity contribution in [2.75, 3.05) is 11.0 Å². The summed E-state index contributed by atoms with van der Waals surface area (Å²) in [4.78, 5) is 12.2. The molecule has 0 radical (unpaired) electrons. The average Bonchev–Trinajstić information content (AvgIpc) is 3.22. The van der Waals surface area contributed by atoms with E-state index in [0.717, 1.165) is 11.8 Å². The van der Waals surface area contributed by atoms with Gasteiger partial charge < -0.3 is 4.42 Å². The lowest BCUT2D eigenvalue weighted by molar-refractivity contribution is -0.133. The van der Waals surface area contributed by atoms with Crippen molar-refractivity contribution in [3.8, 4) is 0 Å². The quantitative estimate of drug-likeness (QED) is 0.886. The predicted octanol–water partition coefficient (Wildman–Crippen LogP) is 2.74. The van der Waals surface area contributed by atoms with Gasteiger partial charge in [0.05, 0.1) is 18.2 Å². The molecule has 0 spiro atoms. The van der Waals surface area contributed by atoms with E-state index in [4.69, 9.17) is 4.42 Å². The van der Waals surface area contributed by atoms with Gasteiger partial charge in [0.15, 0.2) is 0 Å². The zero-order valence-electron chi connectivity index (χ0n) is 14.0. The maximum atomic E-state index is 12.2. The summed E-state index contributed by atoms with van der Waals surface area (Å²) >= 11 is 0. The number of sulfonamides is 1. The molecule has 25 heavy (non-hydrogen) atoms. The topological polar surface area (TPSA) is 92.0 Å². The first-order chi connectivity index (χ1) is 11.9. The van der Waals surface area contributed by atoms with Gasteiger partial charge in [-0.15, -0.1) is 0 Å². The fraction of sp³-hybridized carbons (Fsp3) is 0.294. The van der Waals surface area contributed by atoms with Crippen LogP contribution in [-0.2, 0) is 14.8 Å². The predicted molar refractivity (Wildman–Crippen MR) is 94.6 cm³/mol. The van der Waals surface area contributed by atoms with Crippen LogP contribution in [0, 0.1) is 0 Å². The minimum Gasteiger partial charge on any atom is -0.467 e. The van der Waals surface area contributed by atoms with E-state index in [1.807, 2.05) is 12.1 Å². The van der Waals surface area contributed by atoms with Gasteiger partial charge in [-0.25, -0.2) is 13.4 Å². The SMILES string of the molecule is CCC(=O)N1N=C(c2cccc(NS(C)(=O)=O)c2)C[C@H]1c1ccco1. The normalized spacial score (nSPS) is 17.4. The van der Waals surface area contributed by atoms with Crippen molar-refractivity contribution in [1.82, 2.24) is 5.01 Å². The second-order valence-corrected chi connectivity index (χ2v) is 7.58. The Kier molecular flexibility index (Phi) is 4.63. The molecule has 0 unspecified atom stereocenters. The van der Waals surface area contributed by atoms with Gasteiger partial charge in [-0.3, -0.25) is 9.52 Å². The Bertz CT molecular complexity index is 904. The van der Waals surface area contributed by atoms with E-state index in [9.17, 15) is 13.2 Å². The van der Waals surface area contributed by atoms with Crippen LogP contribution >= 0.6 is 0 Å².